The average molecular weight is 236 g/mol. The van der Waals surface area contributed by atoms with Crippen LogP contribution in [0.4, 0.5) is 0 Å². The van der Waals surface area contributed by atoms with Crippen molar-refractivity contribution < 1.29 is 13.5 Å². The van der Waals surface area contributed by atoms with Gasteiger partial charge in [-0.2, -0.15) is 4.31 Å². The Hall–Kier alpha value is -0.170. The molecule has 0 bridgehead atoms. The fourth-order valence-electron chi connectivity index (χ4n) is 1.63. The summed E-state index contributed by atoms with van der Waals surface area (Å²) in [7, 11) is -1.83. The molecule has 0 spiro atoms. The highest BCUT2D eigenvalue weighted by atomic mass is 32.2. The zero-order chi connectivity index (χ0) is 11.9. The maximum absolute atomic E-state index is 12.1. The van der Waals surface area contributed by atoms with E-state index in [1.807, 2.05) is 0 Å². The smallest absolute Gasteiger partial charge is 0.219 e. The van der Waals surface area contributed by atoms with Gasteiger partial charge in [-0.3, -0.25) is 0 Å². The molecule has 0 unspecified atom stereocenters. The second-order valence-corrected chi connectivity index (χ2v) is 7.68. The summed E-state index contributed by atoms with van der Waals surface area (Å²) in [5.74, 6) is 0. The van der Waals surface area contributed by atoms with Crippen LogP contribution in [0.25, 0.3) is 0 Å². The predicted molar refractivity (Wildman–Crippen MR) is 59.1 cm³/mol. The van der Waals surface area contributed by atoms with E-state index in [2.05, 4.69) is 5.32 Å². The van der Waals surface area contributed by atoms with Crippen LogP contribution in [0.15, 0.2) is 0 Å². The van der Waals surface area contributed by atoms with Crippen molar-refractivity contribution in [2.75, 3.05) is 20.1 Å². The lowest BCUT2D eigenvalue weighted by Gasteiger charge is -2.32. The molecule has 1 fully saturated rings. The molecule has 0 aliphatic carbocycles. The highest BCUT2D eigenvalue weighted by Crippen LogP contribution is 2.22. The maximum atomic E-state index is 12.1. The fourth-order valence-corrected chi connectivity index (χ4v) is 3.07. The number of β-amino-alcohol motifs (C(OH)–C–C–N with tert-alkyl or cyclic N) is 1. The van der Waals surface area contributed by atoms with Crippen molar-refractivity contribution in [2.24, 2.45) is 0 Å². The number of nitrogens with one attached hydrogen (secondary N) is 1. The van der Waals surface area contributed by atoms with Crippen LogP contribution in [-0.2, 0) is 10.0 Å². The van der Waals surface area contributed by atoms with Gasteiger partial charge in [-0.1, -0.05) is 0 Å². The molecule has 1 rings (SSSR count). The van der Waals surface area contributed by atoms with E-state index in [0.29, 0.717) is 13.1 Å². The molecule has 0 aromatic rings. The molecule has 0 radical (unpaired) electrons. The van der Waals surface area contributed by atoms with Crippen LogP contribution >= 0.6 is 0 Å². The van der Waals surface area contributed by atoms with Crippen molar-refractivity contribution in [1.82, 2.24) is 9.62 Å². The van der Waals surface area contributed by atoms with Crippen LogP contribution in [0, 0.1) is 0 Å². The first-order chi connectivity index (χ1) is 6.68. The van der Waals surface area contributed by atoms with Gasteiger partial charge in [0.05, 0.1) is 16.9 Å². The van der Waals surface area contributed by atoms with Gasteiger partial charge in [0.25, 0.3) is 0 Å². The van der Waals surface area contributed by atoms with Crippen LogP contribution in [0.3, 0.4) is 0 Å². The number of nitrogens with zero attached hydrogens (tertiary/aromatic N) is 1. The topological polar surface area (TPSA) is 69.6 Å². The van der Waals surface area contributed by atoms with E-state index < -0.39 is 20.9 Å². The molecule has 1 aliphatic heterocycles. The van der Waals surface area contributed by atoms with Crippen molar-refractivity contribution in [1.29, 1.82) is 0 Å². The molecule has 1 heterocycles. The van der Waals surface area contributed by atoms with Gasteiger partial charge in [-0.05, 0) is 20.8 Å². The second kappa shape index (κ2) is 4.01. The average Bonchev–Trinajstić information content (AvgIpc) is 2.48. The van der Waals surface area contributed by atoms with Gasteiger partial charge in [-0.25, -0.2) is 8.42 Å². The van der Waals surface area contributed by atoms with Gasteiger partial charge in [0.1, 0.15) is 0 Å². The molecule has 1 aliphatic rings. The molecule has 0 amide bonds. The molecule has 0 saturated carbocycles. The van der Waals surface area contributed by atoms with E-state index in [4.69, 9.17) is 0 Å². The number of rotatable bonds is 2. The summed E-state index contributed by atoms with van der Waals surface area (Å²) in [6, 6.07) is -0.353. The molecule has 0 aromatic heterocycles. The molecular formula is C9H20N2O3S. The molecule has 90 valence electrons. The van der Waals surface area contributed by atoms with Gasteiger partial charge >= 0.3 is 0 Å². The third-order valence-corrected chi connectivity index (χ3v) is 5.35. The Kier molecular flexibility index (Phi) is 3.45. The summed E-state index contributed by atoms with van der Waals surface area (Å²) >= 11 is 0. The first-order valence-corrected chi connectivity index (χ1v) is 6.48. The minimum absolute atomic E-state index is 0.353. The quantitative estimate of drug-likeness (QED) is 0.670. The lowest BCUT2D eigenvalue weighted by molar-refractivity contribution is 0.135. The van der Waals surface area contributed by atoms with Crippen molar-refractivity contribution >= 4 is 10.0 Å². The fraction of sp³-hybridized carbons (Fsp3) is 1.00. The van der Waals surface area contributed by atoms with Gasteiger partial charge in [0, 0.05) is 20.1 Å². The number of hydrogen-bond donors (Lipinski definition) is 2. The van der Waals surface area contributed by atoms with Crippen LogP contribution in [-0.4, -0.2) is 54.9 Å². The summed E-state index contributed by atoms with van der Waals surface area (Å²) in [5.41, 5.74) is 0. The normalized spacial score (nSPS) is 28.7. The Bertz CT molecular complexity index is 321. The Morgan fingerprint density at radius 2 is 1.87 bits per heavy atom. The van der Waals surface area contributed by atoms with Crippen molar-refractivity contribution in [2.45, 2.75) is 37.7 Å². The molecule has 6 heteroatoms. The highest BCUT2D eigenvalue weighted by Gasteiger charge is 2.40. The largest absolute Gasteiger partial charge is 0.390 e. The van der Waals surface area contributed by atoms with Crippen LogP contribution in [0.1, 0.15) is 20.8 Å². The third kappa shape index (κ3) is 2.33. The summed E-state index contributed by atoms with van der Waals surface area (Å²) in [5, 5.41) is 12.6. The van der Waals surface area contributed by atoms with Crippen molar-refractivity contribution in [3.63, 3.8) is 0 Å². The first-order valence-electron chi connectivity index (χ1n) is 5.04. The summed E-state index contributed by atoms with van der Waals surface area (Å²) in [4.78, 5) is 0. The predicted octanol–water partition coefficient (Wildman–Crippen LogP) is -0.621. The molecule has 2 N–H and O–H groups in total. The van der Waals surface area contributed by atoms with E-state index in [9.17, 15) is 13.5 Å². The van der Waals surface area contributed by atoms with Crippen molar-refractivity contribution in [3.8, 4) is 0 Å². The Labute approximate surface area is 91.5 Å². The first kappa shape index (κ1) is 12.9. The molecule has 1 saturated heterocycles. The number of aliphatic hydroxyl groups excluding tert-OH is 1. The molecule has 5 nitrogen and oxygen atoms in total. The van der Waals surface area contributed by atoms with Crippen LogP contribution in [0.2, 0.25) is 0 Å². The number of sulfonamides is 1. The SMILES string of the molecule is CN([C@@H]1CNC[C@H]1O)S(=O)(=O)C(C)(C)C. The second-order valence-electron chi connectivity index (χ2n) is 4.93. The van der Waals surface area contributed by atoms with Gasteiger partial charge < -0.3 is 10.4 Å². The maximum Gasteiger partial charge on any atom is 0.219 e. The lowest BCUT2D eigenvalue weighted by atomic mass is 10.2. The minimum Gasteiger partial charge on any atom is -0.390 e. The third-order valence-electron chi connectivity index (χ3n) is 2.77. The molecule has 2 atom stereocenters. The van der Waals surface area contributed by atoms with Gasteiger partial charge in [0.2, 0.25) is 10.0 Å². The Morgan fingerprint density at radius 1 is 1.33 bits per heavy atom. The molecular weight excluding hydrogens is 216 g/mol. The molecule has 15 heavy (non-hydrogen) atoms. The summed E-state index contributed by atoms with van der Waals surface area (Å²) in [6.07, 6.45) is -0.618. The summed E-state index contributed by atoms with van der Waals surface area (Å²) in [6.45, 7) is 5.94. The van der Waals surface area contributed by atoms with Crippen molar-refractivity contribution in [3.05, 3.63) is 0 Å². The minimum atomic E-state index is -3.36. The van der Waals surface area contributed by atoms with E-state index >= 15 is 0 Å². The number of aliphatic hydroxyl groups is 1. The zero-order valence-corrected chi connectivity index (χ0v) is 10.5. The number of likely N-dealkylation sites (N-methyl/N-ethyl adjacent to an activating group) is 1. The summed E-state index contributed by atoms with van der Waals surface area (Å²) < 4.78 is 24.6. The lowest BCUT2D eigenvalue weighted by Crippen LogP contribution is -2.50. The van der Waals surface area contributed by atoms with Gasteiger partial charge in [0.15, 0.2) is 0 Å². The van der Waals surface area contributed by atoms with Crippen LogP contribution < -0.4 is 5.32 Å². The van der Waals surface area contributed by atoms with E-state index in [-0.39, 0.29) is 6.04 Å². The van der Waals surface area contributed by atoms with Crippen LogP contribution in [0.5, 0.6) is 0 Å². The Morgan fingerprint density at radius 3 is 2.20 bits per heavy atom. The molecule has 0 aromatic carbocycles. The van der Waals surface area contributed by atoms with E-state index in [1.54, 1.807) is 20.8 Å². The zero-order valence-electron chi connectivity index (χ0n) is 9.69. The van der Waals surface area contributed by atoms with E-state index in [1.165, 1.54) is 11.4 Å². The highest BCUT2D eigenvalue weighted by molar-refractivity contribution is 7.90. The van der Waals surface area contributed by atoms with Gasteiger partial charge in [-0.15, -0.1) is 0 Å². The Balaban J connectivity index is 2.89. The standard InChI is InChI=1S/C9H20N2O3S/c1-9(2,3)15(13,14)11(4)7-5-10-6-8(7)12/h7-8,10,12H,5-6H2,1-4H3/t7-,8-/m1/s1. The monoisotopic (exact) mass is 236 g/mol. The van der Waals surface area contributed by atoms with E-state index in [0.717, 1.165) is 0 Å². The number of hydrogen-bond acceptors (Lipinski definition) is 4.